The molecule has 0 saturated heterocycles. The Morgan fingerprint density at radius 1 is 1.07 bits per heavy atom. The Hall–Kier alpha value is -2.72. The number of pyridine rings is 1. The van der Waals surface area contributed by atoms with Gasteiger partial charge in [0.25, 0.3) is 0 Å². The molecule has 5 rings (SSSR count). The fraction of sp³-hybridized carbons (Fsp3) is 0.261. The summed E-state index contributed by atoms with van der Waals surface area (Å²) in [5.74, 6) is 1.33. The predicted octanol–water partition coefficient (Wildman–Crippen LogP) is 5.97. The lowest BCUT2D eigenvalue weighted by atomic mass is 10.1. The fourth-order valence-electron chi connectivity index (χ4n) is 3.75. The van der Waals surface area contributed by atoms with Gasteiger partial charge in [-0.1, -0.05) is 54.9 Å². The molecule has 1 aromatic heterocycles. The average molecular weight is 389 g/mol. The van der Waals surface area contributed by atoms with Gasteiger partial charge in [-0.25, -0.2) is 15.0 Å². The summed E-state index contributed by atoms with van der Waals surface area (Å²) in [7, 11) is 0. The Kier molecular flexibility index (Phi) is 4.36. The summed E-state index contributed by atoms with van der Waals surface area (Å²) in [4.78, 5) is 14.5. The number of aliphatic imine (C=N–C) groups is 2. The molecule has 1 saturated carbocycles. The van der Waals surface area contributed by atoms with Crippen LogP contribution in [0.5, 0.6) is 0 Å². The molecule has 28 heavy (non-hydrogen) atoms. The second-order valence-corrected chi connectivity index (χ2v) is 7.77. The molecule has 0 radical (unpaired) electrons. The van der Waals surface area contributed by atoms with Crippen LogP contribution >= 0.6 is 11.6 Å². The fourth-order valence-corrected chi connectivity index (χ4v) is 3.98. The first kappa shape index (κ1) is 17.4. The van der Waals surface area contributed by atoms with Crippen molar-refractivity contribution in [2.24, 2.45) is 15.9 Å². The summed E-state index contributed by atoms with van der Waals surface area (Å²) in [5.41, 5.74) is 4.87. The van der Waals surface area contributed by atoms with E-state index in [4.69, 9.17) is 26.6 Å². The van der Waals surface area contributed by atoms with Crippen molar-refractivity contribution in [1.82, 2.24) is 4.98 Å². The van der Waals surface area contributed by atoms with Crippen LogP contribution in [0.2, 0.25) is 5.02 Å². The van der Waals surface area contributed by atoms with E-state index in [0.29, 0.717) is 16.9 Å². The standard InChI is InChI=1S/C23H21ClN4/c1-2-18-22(14-11-12-14)28-23(26-18)27-21-13-20(15-7-3-5-9-17(15)24)25-19-10-6-4-8-16(19)21/h3-10,13-14,18H,2,11-12H2,1H3,(H,25,26,27). The molecular weight excluding hydrogens is 368 g/mol. The van der Waals surface area contributed by atoms with Gasteiger partial charge in [-0.2, -0.15) is 0 Å². The third-order valence-corrected chi connectivity index (χ3v) is 5.68. The molecule has 1 atom stereocenters. The van der Waals surface area contributed by atoms with E-state index < -0.39 is 0 Å². The van der Waals surface area contributed by atoms with Crippen LogP contribution in [0.3, 0.4) is 0 Å². The summed E-state index contributed by atoms with van der Waals surface area (Å²) in [5, 5.41) is 5.20. The number of aromatic nitrogens is 1. The number of hydrogen-bond acceptors (Lipinski definition) is 4. The van der Waals surface area contributed by atoms with E-state index in [9.17, 15) is 0 Å². The summed E-state index contributed by atoms with van der Waals surface area (Å²) in [6, 6.07) is 18.1. The van der Waals surface area contributed by atoms with Crippen molar-refractivity contribution in [2.45, 2.75) is 32.2 Å². The van der Waals surface area contributed by atoms with Gasteiger partial charge in [-0.3, -0.25) is 0 Å². The lowest BCUT2D eigenvalue weighted by Crippen LogP contribution is -2.15. The number of halogens is 1. The molecule has 1 unspecified atom stereocenters. The minimum Gasteiger partial charge on any atom is -0.324 e. The van der Waals surface area contributed by atoms with Gasteiger partial charge in [0.1, 0.15) is 0 Å². The smallest absolute Gasteiger partial charge is 0.223 e. The summed E-state index contributed by atoms with van der Waals surface area (Å²) in [6.45, 7) is 2.17. The predicted molar refractivity (Wildman–Crippen MR) is 117 cm³/mol. The number of rotatable bonds is 4. The highest BCUT2D eigenvalue weighted by atomic mass is 35.5. The first-order valence-electron chi connectivity index (χ1n) is 9.81. The van der Waals surface area contributed by atoms with Gasteiger partial charge in [0.05, 0.1) is 22.9 Å². The number of nitrogens with zero attached hydrogens (tertiary/aromatic N) is 3. The van der Waals surface area contributed by atoms with Gasteiger partial charge in [-0.15, -0.1) is 0 Å². The molecule has 4 nitrogen and oxygen atoms in total. The number of anilines is 1. The van der Waals surface area contributed by atoms with Crippen LogP contribution in [0.1, 0.15) is 26.2 Å². The third-order valence-electron chi connectivity index (χ3n) is 5.35. The van der Waals surface area contributed by atoms with E-state index in [1.54, 1.807) is 0 Å². The average Bonchev–Trinajstić information content (AvgIpc) is 3.48. The van der Waals surface area contributed by atoms with Crippen molar-refractivity contribution in [2.75, 3.05) is 5.32 Å². The summed E-state index contributed by atoms with van der Waals surface area (Å²) in [6.07, 6.45) is 3.47. The quantitative estimate of drug-likeness (QED) is 0.598. The highest BCUT2D eigenvalue weighted by molar-refractivity contribution is 6.33. The van der Waals surface area contributed by atoms with Gasteiger partial charge in [0.2, 0.25) is 5.96 Å². The second-order valence-electron chi connectivity index (χ2n) is 7.36. The molecule has 5 heteroatoms. The molecule has 2 heterocycles. The molecule has 0 amide bonds. The van der Waals surface area contributed by atoms with Gasteiger partial charge in [0, 0.05) is 21.7 Å². The topological polar surface area (TPSA) is 49.6 Å². The second kappa shape index (κ2) is 7.02. The van der Waals surface area contributed by atoms with Gasteiger partial charge in [-0.05, 0) is 43.4 Å². The van der Waals surface area contributed by atoms with Crippen molar-refractivity contribution < 1.29 is 0 Å². The molecule has 2 aliphatic rings. The number of nitrogens with one attached hydrogen (secondary N) is 1. The van der Waals surface area contributed by atoms with E-state index >= 15 is 0 Å². The molecule has 1 aliphatic heterocycles. The molecule has 0 spiro atoms. The normalized spacial score (nSPS) is 18.9. The summed E-state index contributed by atoms with van der Waals surface area (Å²) >= 11 is 6.43. The third kappa shape index (κ3) is 3.18. The molecule has 3 aromatic rings. The zero-order chi connectivity index (χ0) is 19.1. The first-order chi connectivity index (χ1) is 13.7. The SMILES string of the molecule is CCC1N=C(Nc2cc(-c3ccccc3Cl)nc3ccccc23)N=C1C1CC1. The van der Waals surface area contributed by atoms with Crippen LogP contribution in [-0.2, 0) is 0 Å². The van der Waals surface area contributed by atoms with Crippen LogP contribution in [0.25, 0.3) is 22.2 Å². The van der Waals surface area contributed by atoms with Gasteiger partial charge >= 0.3 is 0 Å². The lowest BCUT2D eigenvalue weighted by Gasteiger charge is -2.12. The minimum atomic E-state index is 0.214. The van der Waals surface area contributed by atoms with Crippen molar-refractivity contribution in [1.29, 1.82) is 0 Å². The highest BCUT2D eigenvalue weighted by Crippen LogP contribution is 2.36. The number of para-hydroxylation sites is 1. The number of fused-ring (bicyclic) bond motifs is 1. The van der Waals surface area contributed by atoms with Gasteiger partial charge < -0.3 is 5.32 Å². The maximum absolute atomic E-state index is 6.43. The van der Waals surface area contributed by atoms with E-state index in [-0.39, 0.29) is 6.04 Å². The Morgan fingerprint density at radius 2 is 1.86 bits per heavy atom. The molecule has 1 N–H and O–H groups in total. The Morgan fingerprint density at radius 3 is 2.64 bits per heavy atom. The van der Waals surface area contributed by atoms with Gasteiger partial charge in [0.15, 0.2) is 0 Å². The highest BCUT2D eigenvalue weighted by Gasteiger charge is 2.35. The van der Waals surface area contributed by atoms with Crippen LogP contribution in [0, 0.1) is 5.92 Å². The van der Waals surface area contributed by atoms with E-state index in [0.717, 1.165) is 34.3 Å². The monoisotopic (exact) mass is 388 g/mol. The van der Waals surface area contributed by atoms with Crippen LogP contribution < -0.4 is 5.32 Å². The maximum Gasteiger partial charge on any atom is 0.223 e. The van der Waals surface area contributed by atoms with E-state index in [1.165, 1.54) is 18.6 Å². The molecule has 2 aromatic carbocycles. The maximum atomic E-state index is 6.43. The van der Waals surface area contributed by atoms with Crippen molar-refractivity contribution >= 4 is 39.9 Å². The minimum absolute atomic E-state index is 0.214. The number of hydrogen-bond donors (Lipinski definition) is 1. The Bertz CT molecular complexity index is 1110. The van der Waals surface area contributed by atoms with E-state index in [1.807, 2.05) is 48.5 Å². The lowest BCUT2D eigenvalue weighted by molar-refractivity contribution is 0.812. The molecule has 140 valence electrons. The Labute approximate surface area is 169 Å². The zero-order valence-electron chi connectivity index (χ0n) is 15.7. The molecule has 1 aliphatic carbocycles. The molecule has 0 bridgehead atoms. The molecular formula is C23H21ClN4. The largest absolute Gasteiger partial charge is 0.324 e. The van der Waals surface area contributed by atoms with Crippen LogP contribution in [-0.4, -0.2) is 22.7 Å². The first-order valence-corrected chi connectivity index (χ1v) is 10.2. The zero-order valence-corrected chi connectivity index (χ0v) is 16.4. The van der Waals surface area contributed by atoms with Crippen LogP contribution in [0.4, 0.5) is 5.69 Å². The molecule has 1 fully saturated rings. The van der Waals surface area contributed by atoms with Crippen molar-refractivity contribution in [3.63, 3.8) is 0 Å². The van der Waals surface area contributed by atoms with Crippen molar-refractivity contribution in [3.05, 3.63) is 59.6 Å². The summed E-state index contributed by atoms with van der Waals surface area (Å²) < 4.78 is 0. The van der Waals surface area contributed by atoms with Crippen LogP contribution in [0.15, 0.2) is 64.6 Å². The number of benzene rings is 2. The number of guanidine groups is 1. The van der Waals surface area contributed by atoms with Crippen molar-refractivity contribution in [3.8, 4) is 11.3 Å². The Balaban J connectivity index is 1.58. The van der Waals surface area contributed by atoms with E-state index in [2.05, 4.69) is 18.3 Å².